The number of hydrogen-bond acceptors (Lipinski definition) is 4. The predicted octanol–water partition coefficient (Wildman–Crippen LogP) is 3.77. The summed E-state index contributed by atoms with van der Waals surface area (Å²) in [5, 5.41) is 10.6. The van der Waals surface area contributed by atoms with Gasteiger partial charge in [0.15, 0.2) is 0 Å². The highest BCUT2D eigenvalue weighted by Crippen LogP contribution is 2.22. The van der Waals surface area contributed by atoms with E-state index in [2.05, 4.69) is 15.5 Å². The van der Waals surface area contributed by atoms with E-state index in [1.165, 1.54) is 0 Å². The van der Waals surface area contributed by atoms with Gasteiger partial charge in [-0.1, -0.05) is 23.7 Å². The molecule has 0 saturated carbocycles. The van der Waals surface area contributed by atoms with Gasteiger partial charge >= 0.3 is 0 Å². The first-order valence-electron chi connectivity index (χ1n) is 10.1. The Kier molecular flexibility index (Phi) is 6.23. The molecule has 7 nitrogen and oxygen atoms in total. The van der Waals surface area contributed by atoms with E-state index in [9.17, 15) is 9.59 Å². The van der Waals surface area contributed by atoms with Crippen molar-refractivity contribution in [1.82, 2.24) is 20.4 Å². The number of aromatic nitrogens is 2. The lowest BCUT2D eigenvalue weighted by Gasteiger charge is -2.32. The van der Waals surface area contributed by atoms with Crippen LogP contribution in [0.25, 0.3) is 11.3 Å². The molecule has 2 heterocycles. The summed E-state index contributed by atoms with van der Waals surface area (Å²) >= 11 is 6.10. The van der Waals surface area contributed by atoms with Crippen LogP contribution in [0.3, 0.4) is 0 Å². The molecule has 8 heteroatoms. The lowest BCUT2D eigenvalue weighted by Crippen LogP contribution is -2.46. The Morgan fingerprint density at radius 2 is 1.84 bits per heavy atom. The molecule has 1 fully saturated rings. The topological polar surface area (TPSA) is 87.3 Å². The van der Waals surface area contributed by atoms with Gasteiger partial charge in [0, 0.05) is 24.7 Å². The summed E-state index contributed by atoms with van der Waals surface area (Å²) in [4.78, 5) is 27.1. The quantitative estimate of drug-likeness (QED) is 0.634. The molecule has 2 N–H and O–H groups in total. The number of carbonyl (C=O) groups is 2. The van der Waals surface area contributed by atoms with E-state index in [0.29, 0.717) is 47.9 Å². The fraction of sp³-hybridized carbons (Fsp3) is 0.261. The molecule has 0 spiro atoms. The molecule has 0 bridgehead atoms. The average Bonchev–Trinajstić information content (AvgIpc) is 3.30. The number of hydrogen-bond donors (Lipinski definition) is 2. The minimum Gasteiger partial charge on any atom is -0.497 e. The highest BCUT2D eigenvalue weighted by Gasteiger charge is 2.26. The Morgan fingerprint density at radius 1 is 1.13 bits per heavy atom. The Balaban J connectivity index is 1.33. The zero-order valence-corrected chi connectivity index (χ0v) is 17.9. The second-order valence-corrected chi connectivity index (χ2v) is 7.82. The standard InChI is InChI=1S/C23H23ClN4O3/c1-31-17-8-6-15(7-9-17)20-14-21(27-26-20)23(30)28-12-10-16(11-13-28)25-22(29)18-4-2-3-5-19(18)24/h2-9,14,16H,10-13H2,1H3,(H,25,29)(H,26,27). The third kappa shape index (κ3) is 4.72. The van der Waals surface area contributed by atoms with E-state index in [0.717, 1.165) is 11.3 Å². The van der Waals surface area contributed by atoms with Gasteiger partial charge < -0.3 is 15.0 Å². The molecule has 4 rings (SSSR count). The summed E-state index contributed by atoms with van der Waals surface area (Å²) in [5.74, 6) is 0.483. The molecule has 1 aliphatic rings. The number of benzene rings is 2. The molecule has 0 atom stereocenters. The van der Waals surface area contributed by atoms with Crippen LogP contribution in [0.2, 0.25) is 5.02 Å². The third-order valence-corrected chi connectivity index (χ3v) is 5.76. The molecule has 1 aromatic heterocycles. The van der Waals surface area contributed by atoms with Crippen LogP contribution in [0.15, 0.2) is 54.6 Å². The zero-order valence-electron chi connectivity index (χ0n) is 17.1. The minimum absolute atomic E-state index is 0.00412. The largest absolute Gasteiger partial charge is 0.497 e. The first-order chi connectivity index (χ1) is 15.0. The van der Waals surface area contributed by atoms with Crippen molar-refractivity contribution in [3.63, 3.8) is 0 Å². The maximum atomic E-state index is 12.9. The van der Waals surface area contributed by atoms with Gasteiger partial charge in [-0.2, -0.15) is 5.10 Å². The summed E-state index contributed by atoms with van der Waals surface area (Å²) in [6, 6.07) is 16.2. The van der Waals surface area contributed by atoms with Crippen molar-refractivity contribution in [1.29, 1.82) is 0 Å². The monoisotopic (exact) mass is 438 g/mol. The van der Waals surface area contributed by atoms with Gasteiger partial charge in [-0.25, -0.2) is 0 Å². The van der Waals surface area contributed by atoms with Crippen molar-refractivity contribution in [2.45, 2.75) is 18.9 Å². The van der Waals surface area contributed by atoms with Gasteiger partial charge in [-0.15, -0.1) is 0 Å². The van der Waals surface area contributed by atoms with Crippen LogP contribution in [0.4, 0.5) is 0 Å². The summed E-state index contributed by atoms with van der Waals surface area (Å²) in [6.07, 6.45) is 1.36. The van der Waals surface area contributed by atoms with Gasteiger partial charge in [-0.05, 0) is 55.3 Å². The molecule has 2 aromatic carbocycles. The number of carbonyl (C=O) groups excluding carboxylic acids is 2. The fourth-order valence-electron chi connectivity index (χ4n) is 3.65. The fourth-order valence-corrected chi connectivity index (χ4v) is 3.87. The number of nitrogens with zero attached hydrogens (tertiary/aromatic N) is 2. The number of ether oxygens (including phenoxy) is 1. The van der Waals surface area contributed by atoms with Crippen molar-refractivity contribution in [2.24, 2.45) is 0 Å². The number of rotatable bonds is 5. The van der Waals surface area contributed by atoms with E-state index < -0.39 is 0 Å². The molecule has 1 aliphatic heterocycles. The van der Waals surface area contributed by atoms with Crippen molar-refractivity contribution < 1.29 is 14.3 Å². The van der Waals surface area contributed by atoms with Crippen LogP contribution in [0, 0.1) is 0 Å². The normalized spacial score (nSPS) is 14.3. The number of piperidine rings is 1. The Hall–Kier alpha value is -3.32. The highest BCUT2D eigenvalue weighted by molar-refractivity contribution is 6.33. The van der Waals surface area contributed by atoms with Gasteiger partial charge in [-0.3, -0.25) is 14.7 Å². The van der Waals surface area contributed by atoms with E-state index in [1.54, 1.807) is 42.3 Å². The molecule has 160 valence electrons. The first-order valence-corrected chi connectivity index (χ1v) is 10.5. The third-order valence-electron chi connectivity index (χ3n) is 5.43. The number of amides is 2. The first kappa shape index (κ1) is 20.9. The maximum absolute atomic E-state index is 12.9. The van der Waals surface area contributed by atoms with Crippen LogP contribution < -0.4 is 10.1 Å². The maximum Gasteiger partial charge on any atom is 0.271 e. The molecule has 31 heavy (non-hydrogen) atoms. The number of halogens is 1. The molecule has 0 radical (unpaired) electrons. The summed E-state index contributed by atoms with van der Waals surface area (Å²) in [7, 11) is 1.62. The molecule has 2 amide bonds. The molecule has 3 aromatic rings. The second kappa shape index (κ2) is 9.22. The zero-order chi connectivity index (χ0) is 21.8. The summed E-state index contributed by atoms with van der Waals surface area (Å²) in [5.41, 5.74) is 2.51. The van der Waals surface area contributed by atoms with E-state index in [4.69, 9.17) is 16.3 Å². The average molecular weight is 439 g/mol. The Labute approximate surface area is 185 Å². The molecule has 1 saturated heterocycles. The second-order valence-electron chi connectivity index (χ2n) is 7.42. The Morgan fingerprint density at radius 3 is 2.52 bits per heavy atom. The molecule has 0 aliphatic carbocycles. The lowest BCUT2D eigenvalue weighted by molar-refractivity contribution is 0.0692. The van der Waals surface area contributed by atoms with Crippen molar-refractivity contribution >= 4 is 23.4 Å². The molecular weight excluding hydrogens is 416 g/mol. The van der Waals surface area contributed by atoms with Crippen LogP contribution in [0.1, 0.15) is 33.7 Å². The number of likely N-dealkylation sites (tertiary alicyclic amines) is 1. The number of H-pyrrole nitrogens is 1. The minimum atomic E-state index is -0.187. The van der Waals surface area contributed by atoms with E-state index in [-0.39, 0.29) is 17.9 Å². The Bertz CT molecular complexity index is 1070. The van der Waals surface area contributed by atoms with Crippen molar-refractivity contribution in [3.05, 3.63) is 70.9 Å². The van der Waals surface area contributed by atoms with Crippen LogP contribution in [0.5, 0.6) is 5.75 Å². The van der Waals surface area contributed by atoms with Crippen molar-refractivity contribution in [2.75, 3.05) is 20.2 Å². The van der Waals surface area contributed by atoms with Gasteiger partial charge in [0.25, 0.3) is 11.8 Å². The van der Waals surface area contributed by atoms with E-state index in [1.807, 2.05) is 24.3 Å². The van der Waals surface area contributed by atoms with Crippen LogP contribution in [-0.2, 0) is 0 Å². The van der Waals surface area contributed by atoms with E-state index >= 15 is 0 Å². The number of methoxy groups -OCH3 is 1. The lowest BCUT2D eigenvalue weighted by atomic mass is 10.0. The molecular formula is C23H23ClN4O3. The number of nitrogens with one attached hydrogen (secondary N) is 2. The number of aromatic amines is 1. The summed E-state index contributed by atoms with van der Waals surface area (Å²) < 4.78 is 5.17. The summed E-state index contributed by atoms with van der Waals surface area (Å²) in [6.45, 7) is 1.12. The van der Waals surface area contributed by atoms with Crippen molar-refractivity contribution in [3.8, 4) is 17.0 Å². The van der Waals surface area contributed by atoms with Gasteiger partial charge in [0.2, 0.25) is 0 Å². The van der Waals surface area contributed by atoms with Crippen LogP contribution >= 0.6 is 11.6 Å². The predicted molar refractivity (Wildman–Crippen MR) is 118 cm³/mol. The molecule has 0 unspecified atom stereocenters. The SMILES string of the molecule is COc1ccc(-c2cc(C(=O)N3CCC(NC(=O)c4ccccc4Cl)CC3)[nH]n2)cc1. The smallest absolute Gasteiger partial charge is 0.271 e. The van der Waals surface area contributed by atoms with Gasteiger partial charge in [0.05, 0.1) is 23.4 Å². The van der Waals surface area contributed by atoms with Gasteiger partial charge in [0.1, 0.15) is 11.4 Å². The highest BCUT2D eigenvalue weighted by atomic mass is 35.5. The van der Waals surface area contributed by atoms with Crippen LogP contribution in [-0.4, -0.2) is 53.2 Å².